The van der Waals surface area contributed by atoms with E-state index in [4.69, 9.17) is 14.8 Å². The summed E-state index contributed by atoms with van der Waals surface area (Å²) in [6, 6.07) is 3.45. The predicted octanol–water partition coefficient (Wildman–Crippen LogP) is 3.48. The predicted molar refractivity (Wildman–Crippen MR) is 122 cm³/mol. The summed E-state index contributed by atoms with van der Waals surface area (Å²) >= 11 is 0. The van der Waals surface area contributed by atoms with Crippen LogP contribution < -0.4 is 15.4 Å². The molecule has 0 saturated carbocycles. The molecule has 8 nitrogen and oxygen atoms in total. The van der Waals surface area contributed by atoms with Crippen molar-refractivity contribution in [2.75, 3.05) is 19.0 Å². The Morgan fingerprint density at radius 1 is 1.09 bits per heavy atom. The average molecular weight is 443 g/mol. The molecular weight excluding hydrogens is 421 g/mol. The molecule has 0 spiro atoms. The molecule has 0 fully saturated rings. The maximum atomic E-state index is 14.7. The number of benzene rings is 1. The van der Waals surface area contributed by atoms with E-state index in [0.717, 1.165) is 62.7 Å². The van der Waals surface area contributed by atoms with Crippen LogP contribution in [0.1, 0.15) is 29.4 Å². The molecule has 4 heterocycles. The number of ether oxygens (including phenoxy) is 1. The van der Waals surface area contributed by atoms with Crippen molar-refractivity contribution in [3.05, 3.63) is 65.3 Å². The Morgan fingerprint density at radius 2 is 1.94 bits per heavy atom. The summed E-state index contributed by atoms with van der Waals surface area (Å²) in [6.07, 6.45) is 7.78. The molecule has 0 atom stereocenters. The number of nitrogens with zero attached hydrogens (tertiary/aromatic N) is 5. The fourth-order valence-electron chi connectivity index (χ4n) is 4.77. The molecule has 1 aliphatic carbocycles. The van der Waals surface area contributed by atoms with Gasteiger partial charge in [0.25, 0.3) is 0 Å². The molecule has 3 aromatic heterocycles. The third-order valence-electron chi connectivity index (χ3n) is 6.22. The number of hydrogen-bond donors (Lipinski definition) is 2. The van der Waals surface area contributed by atoms with Crippen LogP contribution in [0.15, 0.2) is 36.9 Å². The van der Waals surface area contributed by atoms with Crippen molar-refractivity contribution >= 4 is 5.69 Å². The number of methoxy groups -OCH3 is 1. The topological polar surface area (TPSA) is 89.8 Å². The molecule has 0 unspecified atom stereocenters. The van der Waals surface area contributed by atoms with E-state index in [0.29, 0.717) is 25.5 Å². The second kappa shape index (κ2) is 7.63. The molecule has 0 saturated heterocycles. The first kappa shape index (κ1) is 19.8. The lowest BCUT2D eigenvalue weighted by atomic mass is 9.99. The Balaban J connectivity index is 1.64. The van der Waals surface area contributed by atoms with Crippen molar-refractivity contribution < 1.29 is 9.13 Å². The third-order valence-corrected chi connectivity index (χ3v) is 6.22. The van der Waals surface area contributed by atoms with Crippen LogP contribution in [0.3, 0.4) is 0 Å². The molecule has 2 N–H and O–H groups in total. The standard InChI is InChI=1S/C24H22FN7O/c1-3-27-19-5-15(25)4-17-16(19)6-20-22(17)23(32-21-12-26-7-14(21)10-31-32)18(11-28-20)13-8-29-24(33-2)30-9-13/h4-5,8-11,26-27H,3,6-7,12H2,1-2H3. The quantitative estimate of drug-likeness (QED) is 0.430. The van der Waals surface area contributed by atoms with Gasteiger partial charge in [-0.2, -0.15) is 5.10 Å². The van der Waals surface area contributed by atoms with E-state index in [-0.39, 0.29) is 5.82 Å². The maximum Gasteiger partial charge on any atom is 0.316 e. The Kier molecular flexibility index (Phi) is 4.58. The summed E-state index contributed by atoms with van der Waals surface area (Å²) in [4.78, 5) is 13.4. The number of pyridine rings is 1. The largest absolute Gasteiger partial charge is 0.467 e. The van der Waals surface area contributed by atoms with Crippen molar-refractivity contribution in [3.63, 3.8) is 0 Å². The van der Waals surface area contributed by atoms with Crippen LogP contribution in [-0.2, 0) is 19.5 Å². The van der Waals surface area contributed by atoms with E-state index < -0.39 is 0 Å². The van der Waals surface area contributed by atoms with Crippen molar-refractivity contribution in [1.29, 1.82) is 0 Å². The second-order valence-electron chi connectivity index (χ2n) is 8.12. The number of aromatic nitrogens is 5. The van der Waals surface area contributed by atoms with Crippen LogP contribution in [0.25, 0.3) is 27.9 Å². The van der Waals surface area contributed by atoms with Crippen LogP contribution in [0.4, 0.5) is 10.1 Å². The maximum absolute atomic E-state index is 14.7. The number of rotatable bonds is 5. The highest BCUT2D eigenvalue weighted by atomic mass is 19.1. The van der Waals surface area contributed by atoms with Gasteiger partial charge in [-0.1, -0.05) is 0 Å². The summed E-state index contributed by atoms with van der Waals surface area (Å²) < 4.78 is 21.8. The van der Waals surface area contributed by atoms with Gasteiger partial charge in [-0.3, -0.25) is 4.98 Å². The van der Waals surface area contributed by atoms with Crippen LogP contribution in [-0.4, -0.2) is 38.4 Å². The van der Waals surface area contributed by atoms with Gasteiger partial charge in [-0.15, -0.1) is 0 Å². The lowest BCUT2D eigenvalue weighted by Gasteiger charge is -2.17. The number of anilines is 1. The molecule has 33 heavy (non-hydrogen) atoms. The van der Waals surface area contributed by atoms with Crippen LogP contribution in [0.5, 0.6) is 6.01 Å². The third kappa shape index (κ3) is 3.07. The molecule has 1 aromatic carbocycles. The van der Waals surface area contributed by atoms with E-state index in [1.165, 1.54) is 7.11 Å². The first-order chi connectivity index (χ1) is 16.2. The van der Waals surface area contributed by atoms with Gasteiger partial charge in [-0.25, -0.2) is 19.0 Å². The summed E-state index contributed by atoms with van der Waals surface area (Å²) in [7, 11) is 1.53. The zero-order valence-corrected chi connectivity index (χ0v) is 18.3. The SMILES string of the molecule is CCNc1cc(F)cc2c1Cc1ncc(-c3cnc(OC)nc3)c(-n3ncc4c3CNC4)c1-2. The zero-order valence-electron chi connectivity index (χ0n) is 18.3. The van der Waals surface area contributed by atoms with E-state index in [9.17, 15) is 4.39 Å². The van der Waals surface area contributed by atoms with Gasteiger partial charge in [0.05, 0.1) is 30.4 Å². The highest BCUT2D eigenvalue weighted by molar-refractivity contribution is 5.92. The number of hydrogen-bond acceptors (Lipinski definition) is 7. The lowest BCUT2D eigenvalue weighted by Crippen LogP contribution is -2.10. The van der Waals surface area contributed by atoms with Crippen LogP contribution in [0, 0.1) is 5.82 Å². The molecule has 0 amide bonds. The molecule has 0 bridgehead atoms. The number of fused-ring (bicyclic) bond motifs is 4. The van der Waals surface area contributed by atoms with Gasteiger partial charge < -0.3 is 15.4 Å². The van der Waals surface area contributed by atoms with Gasteiger partial charge in [0, 0.05) is 72.6 Å². The van der Waals surface area contributed by atoms with Crippen LogP contribution in [0.2, 0.25) is 0 Å². The summed E-state index contributed by atoms with van der Waals surface area (Å²) in [5.41, 5.74) is 9.22. The molecule has 2 aliphatic rings. The summed E-state index contributed by atoms with van der Waals surface area (Å²) in [5.74, 6) is -0.283. The Morgan fingerprint density at radius 3 is 2.73 bits per heavy atom. The average Bonchev–Trinajstić information content (AvgIpc) is 3.53. The van der Waals surface area contributed by atoms with Crippen molar-refractivity contribution in [2.45, 2.75) is 26.4 Å². The molecule has 1 aliphatic heterocycles. The normalized spacial score (nSPS) is 13.5. The molecule has 0 radical (unpaired) electrons. The molecule has 6 rings (SSSR count). The van der Waals surface area contributed by atoms with Gasteiger partial charge >= 0.3 is 6.01 Å². The van der Waals surface area contributed by atoms with Gasteiger partial charge in [0.2, 0.25) is 0 Å². The Labute approximate surface area is 189 Å². The van der Waals surface area contributed by atoms with E-state index >= 15 is 0 Å². The van der Waals surface area contributed by atoms with E-state index in [1.807, 2.05) is 24.0 Å². The first-order valence-electron chi connectivity index (χ1n) is 10.9. The monoisotopic (exact) mass is 443 g/mol. The fourth-order valence-corrected chi connectivity index (χ4v) is 4.77. The van der Waals surface area contributed by atoms with Gasteiger partial charge in [0.1, 0.15) is 5.82 Å². The lowest BCUT2D eigenvalue weighted by molar-refractivity contribution is 0.380. The minimum Gasteiger partial charge on any atom is -0.467 e. The number of nitrogens with one attached hydrogen (secondary N) is 2. The zero-order chi connectivity index (χ0) is 22.5. The fraction of sp³-hybridized carbons (Fsp3) is 0.250. The highest BCUT2D eigenvalue weighted by Gasteiger charge is 2.31. The number of halogens is 1. The molecule has 9 heteroatoms. The van der Waals surface area contributed by atoms with Gasteiger partial charge in [-0.05, 0) is 30.2 Å². The molecule has 4 aromatic rings. The van der Waals surface area contributed by atoms with Crippen LogP contribution >= 0.6 is 0 Å². The highest BCUT2D eigenvalue weighted by Crippen LogP contribution is 2.46. The molecular formula is C24H22FN7O. The first-order valence-corrected chi connectivity index (χ1v) is 10.9. The minimum atomic E-state index is -0.283. The van der Waals surface area contributed by atoms with Crippen molar-refractivity contribution in [3.8, 4) is 34.0 Å². The van der Waals surface area contributed by atoms with Crippen molar-refractivity contribution in [1.82, 2.24) is 30.0 Å². The summed E-state index contributed by atoms with van der Waals surface area (Å²) in [5, 5.41) is 11.4. The van der Waals surface area contributed by atoms with E-state index in [1.54, 1.807) is 24.5 Å². The summed E-state index contributed by atoms with van der Waals surface area (Å²) in [6.45, 7) is 4.20. The Hall–Kier alpha value is -3.85. The smallest absolute Gasteiger partial charge is 0.316 e. The Bertz CT molecular complexity index is 1380. The van der Waals surface area contributed by atoms with Gasteiger partial charge in [0.15, 0.2) is 0 Å². The second-order valence-corrected chi connectivity index (χ2v) is 8.12. The van der Waals surface area contributed by atoms with Crippen molar-refractivity contribution in [2.24, 2.45) is 0 Å². The van der Waals surface area contributed by atoms with E-state index in [2.05, 4.69) is 20.6 Å². The minimum absolute atomic E-state index is 0.283. The molecule has 166 valence electrons.